The SMILES string of the molecule is CCc1cc([N+](=O)[O-])c(Cl)c(S(=O)(=O)Cl)c1. The van der Waals surface area contributed by atoms with E-state index in [2.05, 4.69) is 0 Å². The molecular formula is C8H7Cl2NO4S. The van der Waals surface area contributed by atoms with E-state index in [4.69, 9.17) is 22.3 Å². The van der Waals surface area contributed by atoms with Gasteiger partial charge in [0, 0.05) is 16.7 Å². The maximum atomic E-state index is 11.2. The van der Waals surface area contributed by atoms with Gasteiger partial charge in [0.25, 0.3) is 14.7 Å². The number of nitro groups is 1. The van der Waals surface area contributed by atoms with Gasteiger partial charge in [0.1, 0.15) is 9.92 Å². The number of nitro benzene ring substituents is 1. The van der Waals surface area contributed by atoms with Gasteiger partial charge in [0.05, 0.1) is 4.92 Å². The van der Waals surface area contributed by atoms with Crippen LogP contribution in [0.4, 0.5) is 5.69 Å². The first kappa shape index (κ1) is 13.2. The summed E-state index contributed by atoms with van der Waals surface area (Å²) in [6, 6.07) is 2.46. The average molecular weight is 284 g/mol. The summed E-state index contributed by atoms with van der Waals surface area (Å²) in [5.41, 5.74) is 0.0237. The molecule has 0 N–H and O–H groups in total. The molecule has 0 aliphatic rings. The van der Waals surface area contributed by atoms with Gasteiger partial charge in [-0.05, 0) is 18.1 Å². The first-order chi connectivity index (χ1) is 7.27. The topological polar surface area (TPSA) is 77.3 Å². The molecule has 0 unspecified atom stereocenters. The maximum Gasteiger partial charge on any atom is 0.289 e. The van der Waals surface area contributed by atoms with E-state index < -0.39 is 29.6 Å². The molecule has 0 atom stereocenters. The minimum absolute atomic E-state index is 0.429. The number of hydrogen-bond acceptors (Lipinski definition) is 4. The van der Waals surface area contributed by atoms with Gasteiger partial charge < -0.3 is 0 Å². The van der Waals surface area contributed by atoms with Crippen molar-refractivity contribution in [1.82, 2.24) is 0 Å². The fourth-order valence-corrected chi connectivity index (χ4v) is 2.73. The Morgan fingerprint density at radius 2 is 2.00 bits per heavy atom. The Bertz CT molecular complexity index is 541. The third-order valence-electron chi connectivity index (χ3n) is 1.95. The Balaban J connectivity index is 3.63. The largest absolute Gasteiger partial charge is 0.289 e. The summed E-state index contributed by atoms with van der Waals surface area (Å²) < 4.78 is 22.3. The molecular weight excluding hydrogens is 277 g/mol. The van der Waals surface area contributed by atoms with E-state index in [1.165, 1.54) is 12.1 Å². The summed E-state index contributed by atoms with van der Waals surface area (Å²) in [6.45, 7) is 1.73. The molecule has 1 aromatic rings. The van der Waals surface area contributed by atoms with Crippen molar-refractivity contribution < 1.29 is 13.3 Å². The van der Waals surface area contributed by atoms with E-state index in [0.717, 1.165) is 0 Å². The van der Waals surface area contributed by atoms with Crippen LogP contribution < -0.4 is 0 Å². The Hall–Kier alpha value is -0.850. The normalized spacial score (nSPS) is 11.4. The lowest BCUT2D eigenvalue weighted by molar-refractivity contribution is -0.385. The molecule has 0 fully saturated rings. The van der Waals surface area contributed by atoms with E-state index in [0.29, 0.717) is 12.0 Å². The third-order valence-corrected chi connectivity index (χ3v) is 3.80. The van der Waals surface area contributed by atoms with Crippen molar-refractivity contribution in [2.45, 2.75) is 18.2 Å². The number of aryl methyl sites for hydroxylation is 1. The third kappa shape index (κ3) is 2.63. The Morgan fingerprint density at radius 3 is 2.38 bits per heavy atom. The quantitative estimate of drug-likeness (QED) is 0.485. The second-order valence-electron chi connectivity index (χ2n) is 2.98. The molecule has 1 rings (SSSR count). The lowest BCUT2D eigenvalue weighted by Gasteiger charge is -2.04. The van der Waals surface area contributed by atoms with Gasteiger partial charge in [-0.1, -0.05) is 18.5 Å². The van der Waals surface area contributed by atoms with Crippen LogP contribution in [-0.4, -0.2) is 13.3 Å². The molecule has 1 aromatic carbocycles. The van der Waals surface area contributed by atoms with Crippen LogP contribution in [0.25, 0.3) is 0 Å². The molecule has 0 saturated carbocycles. The maximum absolute atomic E-state index is 11.2. The molecule has 88 valence electrons. The van der Waals surface area contributed by atoms with Gasteiger partial charge in [-0.3, -0.25) is 10.1 Å². The number of benzene rings is 1. The Labute approximate surface area is 102 Å². The summed E-state index contributed by atoms with van der Waals surface area (Å²) >= 11 is 5.61. The van der Waals surface area contributed by atoms with Crippen molar-refractivity contribution in [2.75, 3.05) is 0 Å². The van der Waals surface area contributed by atoms with Gasteiger partial charge >= 0.3 is 0 Å². The highest BCUT2D eigenvalue weighted by atomic mass is 35.7. The van der Waals surface area contributed by atoms with Crippen molar-refractivity contribution in [3.05, 3.63) is 32.8 Å². The van der Waals surface area contributed by atoms with Crippen molar-refractivity contribution in [3.8, 4) is 0 Å². The number of halogens is 2. The predicted octanol–water partition coefficient (Wildman–Crippen LogP) is 2.74. The summed E-state index contributed by atoms with van der Waals surface area (Å²) in [6.07, 6.45) is 0.442. The zero-order valence-corrected chi connectivity index (χ0v) is 10.4. The summed E-state index contributed by atoms with van der Waals surface area (Å²) in [5.74, 6) is 0. The molecule has 0 aliphatic carbocycles. The lowest BCUT2D eigenvalue weighted by Crippen LogP contribution is -1.99. The highest BCUT2D eigenvalue weighted by Crippen LogP contribution is 2.34. The summed E-state index contributed by atoms with van der Waals surface area (Å²) in [4.78, 5) is 9.48. The zero-order valence-electron chi connectivity index (χ0n) is 8.11. The van der Waals surface area contributed by atoms with Gasteiger partial charge in [-0.25, -0.2) is 8.42 Å². The predicted molar refractivity (Wildman–Crippen MR) is 60.5 cm³/mol. The van der Waals surface area contributed by atoms with Crippen LogP contribution in [0, 0.1) is 10.1 Å². The first-order valence-corrected chi connectivity index (χ1v) is 6.87. The Kier molecular flexibility index (Phi) is 3.77. The van der Waals surface area contributed by atoms with Crippen LogP contribution in [-0.2, 0) is 15.5 Å². The Morgan fingerprint density at radius 1 is 1.44 bits per heavy atom. The van der Waals surface area contributed by atoms with E-state index in [1.54, 1.807) is 6.92 Å². The lowest BCUT2D eigenvalue weighted by atomic mass is 10.1. The molecule has 0 saturated heterocycles. The number of rotatable bonds is 3. The summed E-state index contributed by atoms with van der Waals surface area (Å²) in [5, 5.41) is 10.2. The molecule has 16 heavy (non-hydrogen) atoms. The van der Waals surface area contributed by atoms with Gasteiger partial charge in [0.2, 0.25) is 0 Å². The van der Waals surface area contributed by atoms with Gasteiger partial charge in [-0.15, -0.1) is 0 Å². The molecule has 0 bridgehead atoms. The van der Waals surface area contributed by atoms with Crippen LogP contribution >= 0.6 is 22.3 Å². The molecule has 0 amide bonds. The average Bonchev–Trinajstić information content (AvgIpc) is 2.15. The minimum atomic E-state index is -4.09. The van der Waals surface area contributed by atoms with Crippen LogP contribution in [0.5, 0.6) is 0 Å². The second kappa shape index (κ2) is 4.57. The highest BCUT2D eigenvalue weighted by molar-refractivity contribution is 8.13. The van der Waals surface area contributed by atoms with E-state index in [-0.39, 0.29) is 0 Å². The molecule has 0 radical (unpaired) electrons. The highest BCUT2D eigenvalue weighted by Gasteiger charge is 2.24. The van der Waals surface area contributed by atoms with Crippen LogP contribution in [0.3, 0.4) is 0 Å². The zero-order chi connectivity index (χ0) is 12.5. The van der Waals surface area contributed by atoms with Crippen LogP contribution in [0.1, 0.15) is 12.5 Å². The molecule has 0 aromatic heterocycles. The van der Waals surface area contributed by atoms with Crippen molar-refractivity contribution in [3.63, 3.8) is 0 Å². The van der Waals surface area contributed by atoms with E-state index in [1.807, 2.05) is 0 Å². The smallest absolute Gasteiger partial charge is 0.258 e. The summed E-state index contributed by atoms with van der Waals surface area (Å²) in [7, 11) is 1.05. The number of nitrogens with zero attached hydrogens (tertiary/aromatic N) is 1. The molecule has 0 aliphatic heterocycles. The van der Waals surface area contributed by atoms with E-state index >= 15 is 0 Å². The van der Waals surface area contributed by atoms with E-state index in [9.17, 15) is 18.5 Å². The monoisotopic (exact) mass is 283 g/mol. The van der Waals surface area contributed by atoms with Gasteiger partial charge in [0.15, 0.2) is 0 Å². The molecule has 0 spiro atoms. The molecule has 0 heterocycles. The minimum Gasteiger partial charge on any atom is -0.258 e. The van der Waals surface area contributed by atoms with Gasteiger partial charge in [-0.2, -0.15) is 0 Å². The van der Waals surface area contributed by atoms with Crippen LogP contribution in [0.15, 0.2) is 17.0 Å². The van der Waals surface area contributed by atoms with Crippen LogP contribution in [0.2, 0.25) is 5.02 Å². The van der Waals surface area contributed by atoms with Crippen molar-refractivity contribution in [2.24, 2.45) is 0 Å². The second-order valence-corrected chi connectivity index (χ2v) is 5.89. The molecule has 8 heteroatoms. The van der Waals surface area contributed by atoms with Crippen molar-refractivity contribution >= 4 is 37.0 Å². The van der Waals surface area contributed by atoms with Crippen molar-refractivity contribution in [1.29, 1.82) is 0 Å². The first-order valence-electron chi connectivity index (χ1n) is 4.18. The standard InChI is InChI=1S/C8H7Cl2NO4S/c1-2-5-3-6(11(12)13)8(9)7(4-5)16(10,14)15/h3-4H,2H2,1H3. The number of hydrogen-bond donors (Lipinski definition) is 0. The fraction of sp³-hybridized carbons (Fsp3) is 0.250. The fourth-order valence-electron chi connectivity index (χ4n) is 1.15. The molecule has 5 nitrogen and oxygen atoms in total.